The van der Waals surface area contributed by atoms with E-state index in [-0.39, 0.29) is 5.57 Å². The highest BCUT2D eigenvalue weighted by Gasteiger charge is 2.18. The number of hydrogen-bond donors (Lipinski definition) is 2. The molecule has 0 spiro atoms. The van der Waals surface area contributed by atoms with E-state index in [1.807, 2.05) is 0 Å². The zero-order valence-electron chi connectivity index (χ0n) is 6.07. The molecule has 0 aromatic heterocycles. The molecule has 1 rings (SSSR count). The maximum absolute atomic E-state index is 10.9. The van der Waals surface area contributed by atoms with Crippen LogP contribution in [0.5, 0.6) is 0 Å². The van der Waals surface area contributed by atoms with Crippen molar-refractivity contribution in [3.8, 4) is 0 Å². The summed E-state index contributed by atoms with van der Waals surface area (Å²) >= 11 is 0. The van der Waals surface area contributed by atoms with Crippen LogP contribution in [0.1, 0.15) is 0 Å². The van der Waals surface area contributed by atoms with Crippen LogP contribution in [-0.4, -0.2) is 24.4 Å². The van der Waals surface area contributed by atoms with Gasteiger partial charge in [0.2, 0.25) is 0 Å². The van der Waals surface area contributed by atoms with E-state index >= 15 is 0 Å². The number of esters is 1. The largest absolute Gasteiger partial charge is 0.466 e. The third-order valence-electron chi connectivity index (χ3n) is 1.34. The van der Waals surface area contributed by atoms with Crippen LogP contribution < -0.4 is 5.32 Å². The highest BCUT2D eigenvalue weighted by molar-refractivity contribution is 5.89. The molecule has 4 nitrogen and oxygen atoms in total. The number of carbonyl (C=O) groups is 1. The Kier molecular flexibility index (Phi) is 2.28. The smallest absolute Gasteiger partial charge is 0.338 e. The minimum atomic E-state index is -0.951. The molecule has 0 radical (unpaired) electrons. The first-order chi connectivity index (χ1) is 5.25. The van der Waals surface area contributed by atoms with Crippen molar-refractivity contribution in [3.63, 3.8) is 0 Å². The molecule has 1 atom stereocenters. The van der Waals surface area contributed by atoms with Crippen LogP contribution in [0, 0.1) is 0 Å². The molecule has 0 fully saturated rings. The van der Waals surface area contributed by atoms with E-state index in [4.69, 9.17) is 5.11 Å². The summed E-state index contributed by atoms with van der Waals surface area (Å²) in [5.74, 6) is -0.519. The highest BCUT2D eigenvalue weighted by atomic mass is 16.5. The number of carbonyl (C=O) groups excluding carboxylic acids is 1. The lowest BCUT2D eigenvalue weighted by atomic mass is 10.2. The first kappa shape index (κ1) is 7.81. The summed E-state index contributed by atoms with van der Waals surface area (Å²) in [5.41, 5.74) is 0.218. The van der Waals surface area contributed by atoms with Gasteiger partial charge < -0.3 is 15.2 Å². The van der Waals surface area contributed by atoms with Crippen LogP contribution in [0.15, 0.2) is 23.9 Å². The lowest BCUT2D eigenvalue weighted by Gasteiger charge is -2.15. The predicted molar refractivity (Wildman–Crippen MR) is 38.4 cm³/mol. The molecule has 2 N–H and O–H groups in total. The quantitative estimate of drug-likeness (QED) is 0.502. The molecule has 1 unspecified atom stereocenters. The van der Waals surface area contributed by atoms with E-state index in [0.29, 0.717) is 0 Å². The molecule has 4 heteroatoms. The van der Waals surface area contributed by atoms with E-state index in [9.17, 15) is 4.79 Å². The van der Waals surface area contributed by atoms with Gasteiger partial charge in [-0.2, -0.15) is 0 Å². The molecular weight excluding hydrogens is 146 g/mol. The first-order valence-corrected chi connectivity index (χ1v) is 3.15. The van der Waals surface area contributed by atoms with Gasteiger partial charge in [0.15, 0.2) is 6.23 Å². The molecule has 0 amide bonds. The van der Waals surface area contributed by atoms with E-state index in [0.717, 1.165) is 0 Å². The van der Waals surface area contributed by atoms with Gasteiger partial charge in [-0.15, -0.1) is 0 Å². The van der Waals surface area contributed by atoms with Gasteiger partial charge in [0.1, 0.15) is 0 Å². The maximum atomic E-state index is 10.9. The fourth-order valence-corrected chi connectivity index (χ4v) is 0.777. The normalized spacial score (nSPS) is 22.0. The Labute approximate surface area is 64.2 Å². The average Bonchev–Trinajstić information content (AvgIpc) is 2.04. The molecular formula is C7H9NO3. The van der Waals surface area contributed by atoms with Gasteiger partial charge in [-0.3, -0.25) is 0 Å². The number of aliphatic hydroxyl groups excluding tert-OH is 1. The van der Waals surface area contributed by atoms with Crippen molar-refractivity contribution in [2.24, 2.45) is 0 Å². The molecule has 0 saturated heterocycles. The summed E-state index contributed by atoms with van der Waals surface area (Å²) < 4.78 is 4.42. The van der Waals surface area contributed by atoms with Crippen molar-refractivity contribution in [2.75, 3.05) is 7.11 Å². The summed E-state index contributed by atoms with van der Waals surface area (Å²) in [4.78, 5) is 10.9. The molecule has 1 aliphatic rings. The zero-order chi connectivity index (χ0) is 8.27. The van der Waals surface area contributed by atoms with E-state index in [1.165, 1.54) is 13.2 Å². The SMILES string of the molecule is COC(=O)C1=CC=CNC1O. The minimum absolute atomic E-state index is 0.218. The van der Waals surface area contributed by atoms with Crippen molar-refractivity contribution in [3.05, 3.63) is 23.9 Å². The third kappa shape index (κ3) is 1.59. The Hall–Kier alpha value is -1.29. The molecule has 0 aliphatic carbocycles. The summed E-state index contributed by atoms with van der Waals surface area (Å²) in [6.45, 7) is 0. The van der Waals surface area contributed by atoms with Crippen LogP contribution >= 0.6 is 0 Å². The van der Waals surface area contributed by atoms with E-state index < -0.39 is 12.2 Å². The Morgan fingerprint density at radius 2 is 2.55 bits per heavy atom. The molecule has 0 saturated carbocycles. The van der Waals surface area contributed by atoms with Gasteiger partial charge in [-0.05, 0) is 18.4 Å². The molecule has 1 heterocycles. The van der Waals surface area contributed by atoms with Crippen molar-refractivity contribution in [1.82, 2.24) is 5.32 Å². The number of aliphatic hydroxyl groups is 1. The molecule has 0 aromatic carbocycles. The number of dihydropyridines is 1. The molecule has 11 heavy (non-hydrogen) atoms. The Morgan fingerprint density at radius 1 is 1.82 bits per heavy atom. The number of rotatable bonds is 1. The number of allylic oxidation sites excluding steroid dienone is 2. The van der Waals surface area contributed by atoms with Gasteiger partial charge in [-0.1, -0.05) is 0 Å². The summed E-state index contributed by atoms with van der Waals surface area (Å²) in [6.07, 6.45) is 3.73. The molecule has 0 aromatic rings. The Balaban J connectivity index is 2.75. The lowest BCUT2D eigenvalue weighted by molar-refractivity contribution is -0.137. The monoisotopic (exact) mass is 155 g/mol. The zero-order valence-corrected chi connectivity index (χ0v) is 6.07. The molecule has 1 aliphatic heterocycles. The Morgan fingerprint density at radius 3 is 3.09 bits per heavy atom. The second kappa shape index (κ2) is 3.21. The second-order valence-corrected chi connectivity index (χ2v) is 2.04. The minimum Gasteiger partial charge on any atom is -0.466 e. The Bertz CT molecular complexity index is 220. The average molecular weight is 155 g/mol. The number of ether oxygens (including phenoxy) is 1. The van der Waals surface area contributed by atoms with E-state index in [2.05, 4.69) is 10.1 Å². The van der Waals surface area contributed by atoms with Crippen LogP contribution in [-0.2, 0) is 9.53 Å². The summed E-state index contributed by atoms with van der Waals surface area (Å²) in [6, 6.07) is 0. The highest BCUT2D eigenvalue weighted by Crippen LogP contribution is 2.06. The van der Waals surface area contributed by atoms with Gasteiger partial charge in [0.25, 0.3) is 0 Å². The topological polar surface area (TPSA) is 58.6 Å². The standard InChI is InChI=1S/C7H9NO3/c1-11-7(10)5-3-2-4-8-6(5)9/h2-4,6,8-9H,1H3. The number of methoxy groups -OCH3 is 1. The molecule has 0 bridgehead atoms. The summed E-state index contributed by atoms with van der Waals surface area (Å²) in [7, 11) is 1.27. The molecule has 60 valence electrons. The van der Waals surface area contributed by atoms with Crippen molar-refractivity contribution < 1.29 is 14.6 Å². The number of hydrogen-bond acceptors (Lipinski definition) is 4. The van der Waals surface area contributed by atoms with Gasteiger partial charge in [0, 0.05) is 0 Å². The third-order valence-corrected chi connectivity index (χ3v) is 1.34. The number of nitrogens with one attached hydrogen (secondary N) is 1. The fraction of sp³-hybridized carbons (Fsp3) is 0.286. The van der Waals surface area contributed by atoms with E-state index in [1.54, 1.807) is 12.3 Å². The van der Waals surface area contributed by atoms with Crippen LogP contribution in [0.2, 0.25) is 0 Å². The van der Waals surface area contributed by atoms with Crippen molar-refractivity contribution in [1.29, 1.82) is 0 Å². The predicted octanol–water partition coefficient (Wildman–Crippen LogP) is -0.479. The van der Waals surface area contributed by atoms with Crippen LogP contribution in [0.4, 0.5) is 0 Å². The fourth-order valence-electron chi connectivity index (χ4n) is 0.777. The van der Waals surface area contributed by atoms with Crippen LogP contribution in [0.25, 0.3) is 0 Å². The van der Waals surface area contributed by atoms with Crippen molar-refractivity contribution >= 4 is 5.97 Å². The van der Waals surface area contributed by atoms with Gasteiger partial charge >= 0.3 is 5.97 Å². The second-order valence-electron chi connectivity index (χ2n) is 2.04. The van der Waals surface area contributed by atoms with Gasteiger partial charge in [0.05, 0.1) is 12.7 Å². The first-order valence-electron chi connectivity index (χ1n) is 3.15. The van der Waals surface area contributed by atoms with Crippen LogP contribution in [0.3, 0.4) is 0 Å². The van der Waals surface area contributed by atoms with Gasteiger partial charge in [-0.25, -0.2) is 4.79 Å². The lowest BCUT2D eigenvalue weighted by Crippen LogP contribution is -2.32. The maximum Gasteiger partial charge on any atom is 0.338 e. The van der Waals surface area contributed by atoms with Crippen molar-refractivity contribution in [2.45, 2.75) is 6.23 Å². The summed E-state index contributed by atoms with van der Waals surface area (Å²) in [5, 5.41) is 11.7.